The zero-order valence-electron chi connectivity index (χ0n) is 34.6. The fraction of sp³-hybridized carbons (Fsp3) is 0.979. The first kappa shape index (κ1) is 38.3. The zero-order chi connectivity index (χ0) is 36.6. The first-order valence-corrected chi connectivity index (χ1v) is 23.4. The molecule has 4 heteroatoms. The summed E-state index contributed by atoms with van der Waals surface area (Å²) in [5.41, 5.74) is 1.62. The van der Waals surface area contributed by atoms with Crippen LogP contribution in [0.5, 0.6) is 0 Å². The molecule has 0 aliphatic heterocycles. The van der Waals surface area contributed by atoms with Crippen molar-refractivity contribution in [2.24, 2.45) is 92.7 Å². The Morgan fingerprint density at radius 3 is 1.56 bits per heavy atom. The molecular formula is C48H81NO3. The van der Waals surface area contributed by atoms with Crippen LogP contribution in [0.15, 0.2) is 0 Å². The van der Waals surface area contributed by atoms with Gasteiger partial charge >= 0.3 is 0 Å². The van der Waals surface area contributed by atoms with E-state index in [9.17, 15) is 15.0 Å². The average Bonchev–Trinajstić information content (AvgIpc) is 3.66. The molecule has 8 fully saturated rings. The van der Waals surface area contributed by atoms with E-state index in [-0.39, 0.29) is 18.1 Å². The number of rotatable bonds is 9. The van der Waals surface area contributed by atoms with Gasteiger partial charge in [0, 0.05) is 13.0 Å². The van der Waals surface area contributed by atoms with Crippen molar-refractivity contribution < 1.29 is 15.0 Å². The van der Waals surface area contributed by atoms with E-state index in [1.807, 2.05) is 0 Å². The summed E-state index contributed by atoms with van der Waals surface area (Å²) in [6, 6.07) is 0. The van der Waals surface area contributed by atoms with E-state index < -0.39 is 0 Å². The highest BCUT2D eigenvalue weighted by atomic mass is 16.3. The number of aliphatic hydroxyl groups excluding tert-OH is 2. The molecule has 0 saturated heterocycles. The maximum Gasteiger partial charge on any atom is 0.220 e. The summed E-state index contributed by atoms with van der Waals surface area (Å²) >= 11 is 0. The topological polar surface area (TPSA) is 69.6 Å². The first-order chi connectivity index (χ1) is 24.8. The molecule has 52 heavy (non-hydrogen) atoms. The summed E-state index contributed by atoms with van der Waals surface area (Å²) in [6.45, 7) is 16.2. The van der Waals surface area contributed by atoms with Crippen molar-refractivity contribution in [3.63, 3.8) is 0 Å². The predicted molar refractivity (Wildman–Crippen MR) is 212 cm³/mol. The van der Waals surface area contributed by atoms with Gasteiger partial charge in [0.25, 0.3) is 0 Å². The molecular weight excluding hydrogens is 639 g/mol. The van der Waals surface area contributed by atoms with Crippen molar-refractivity contribution in [3.8, 4) is 0 Å². The second kappa shape index (κ2) is 14.4. The Balaban J connectivity index is 0.792. The molecule has 0 aromatic carbocycles. The molecule has 0 aromatic heterocycles. The van der Waals surface area contributed by atoms with E-state index >= 15 is 0 Å². The Labute approximate surface area is 319 Å². The number of fused-ring (bicyclic) bond motifs is 10. The van der Waals surface area contributed by atoms with Crippen LogP contribution in [0.25, 0.3) is 0 Å². The monoisotopic (exact) mass is 720 g/mol. The molecule has 1 amide bonds. The largest absolute Gasteiger partial charge is 0.393 e. The van der Waals surface area contributed by atoms with Crippen LogP contribution in [0.2, 0.25) is 0 Å². The van der Waals surface area contributed by atoms with Gasteiger partial charge in [-0.15, -0.1) is 0 Å². The average molecular weight is 720 g/mol. The van der Waals surface area contributed by atoms with Gasteiger partial charge in [-0.25, -0.2) is 0 Å². The van der Waals surface area contributed by atoms with Gasteiger partial charge in [0.2, 0.25) is 5.91 Å². The Kier molecular flexibility index (Phi) is 10.6. The number of amides is 1. The molecule has 296 valence electrons. The Morgan fingerprint density at radius 1 is 0.596 bits per heavy atom. The lowest BCUT2D eigenvalue weighted by Crippen LogP contribution is -2.57. The van der Waals surface area contributed by atoms with Gasteiger partial charge < -0.3 is 15.5 Å². The summed E-state index contributed by atoms with van der Waals surface area (Å²) in [4.78, 5) is 13.2. The van der Waals surface area contributed by atoms with Crippen LogP contribution in [0.3, 0.4) is 0 Å². The molecule has 0 radical (unpaired) electrons. The van der Waals surface area contributed by atoms with Crippen LogP contribution in [0, 0.1) is 92.7 Å². The van der Waals surface area contributed by atoms with Crippen molar-refractivity contribution in [2.45, 2.75) is 195 Å². The van der Waals surface area contributed by atoms with Crippen LogP contribution in [-0.2, 0) is 4.79 Å². The minimum atomic E-state index is -0.0981. The van der Waals surface area contributed by atoms with Crippen LogP contribution in [0.4, 0.5) is 0 Å². The number of hydrogen-bond acceptors (Lipinski definition) is 3. The molecule has 0 heterocycles. The zero-order valence-corrected chi connectivity index (χ0v) is 34.6. The van der Waals surface area contributed by atoms with E-state index in [0.717, 1.165) is 55.9 Å². The van der Waals surface area contributed by atoms with Crippen LogP contribution in [-0.4, -0.2) is 34.9 Å². The maximum absolute atomic E-state index is 13.2. The first-order valence-electron chi connectivity index (χ1n) is 23.4. The lowest BCUT2D eigenvalue weighted by atomic mass is 9.44. The summed E-state index contributed by atoms with van der Waals surface area (Å²) in [5, 5.41) is 26.6. The van der Waals surface area contributed by atoms with Crippen molar-refractivity contribution in [2.75, 3.05) is 6.54 Å². The Morgan fingerprint density at radius 2 is 1.06 bits per heavy atom. The van der Waals surface area contributed by atoms with E-state index in [0.29, 0.717) is 75.4 Å². The molecule has 8 aliphatic carbocycles. The second-order valence-electron chi connectivity index (χ2n) is 22.5. The Hall–Kier alpha value is -0.610. The SMILES string of the molecule is C[C@H](CCC(=O)NCCC[C@H](C)[C@@H]1CCC2[C@H]3[C@H](O)CC4CCCC[C@@]4(C)[C@H]3CC[C@]21C)[C@H]1CCC2[C@H]3[C@@H](CC[C@@]21C)[C@@]1(C)CCCCC1C[C@@H]3O. The molecule has 4 nitrogen and oxygen atoms in total. The van der Waals surface area contributed by atoms with Crippen molar-refractivity contribution >= 4 is 5.91 Å². The third-order valence-electron chi connectivity index (χ3n) is 20.7. The lowest BCUT2D eigenvalue weighted by Gasteiger charge is -2.62. The minimum Gasteiger partial charge on any atom is -0.393 e. The smallest absolute Gasteiger partial charge is 0.220 e. The molecule has 8 rings (SSSR count). The van der Waals surface area contributed by atoms with Gasteiger partial charge in [-0.3, -0.25) is 4.79 Å². The third kappa shape index (κ3) is 6.13. The van der Waals surface area contributed by atoms with Gasteiger partial charge in [-0.1, -0.05) is 67.2 Å². The quantitative estimate of drug-likeness (QED) is 0.208. The third-order valence-corrected chi connectivity index (χ3v) is 20.7. The second-order valence-corrected chi connectivity index (χ2v) is 22.5. The van der Waals surface area contributed by atoms with Gasteiger partial charge in [0.1, 0.15) is 0 Å². The van der Waals surface area contributed by atoms with Crippen molar-refractivity contribution in [3.05, 3.63) is 0 Å². The number of nitrogens with one attached hydrogen (secondary N) is 1. The molecule has 8 saturated carbocycles. The van der Waals surface area contributed by atoms with Gasteiger partial charge in [-0.2, -0.15) is 0 Å². The van der Waals surface area contributed by atoms with Gasteiger partial charge in [0.05, 0.1) is 12.2 Å². The Bertz CT molecular complexity index is 1280. The van der Waals surface area contributed by atoms with Crippen LogP contribution in [0.1, 0.15) is 183 Å². The van der Waals surface area contributed by atoms with Gasteiger partial charge in [0.15, 0.2) is 0 Å². The fourth-order valence-corrected chi connectivity index (χ4v) is 18.0. The fourth-order valence-electron chi connectivity index (χ4n) is 18.0. The lowest BCUT2D eigenvalue weighted by molar-refractivity contribution is -0.164. The molecule has 0 aromatic rings. The highest BCUT2D eigenvalue weighted by molar-refractivity contribution is 5.75. The summed E-state index contributed by atoms with van der Waals surface area (Å²) in [5.74, 6) is 8.27. The van der Waals surface area contributed by atoms with E-state index in [1.165, 1.54) is 109 Å². The van der Waals surface area contributed by atoms with E-state index in [1.54, 1.807) is 0 Å². The number of aliphatic hydroxyl groups is 2. The standard InChI is InChI=1S/C48H81NO3/c1-30(34-16-18-36-43-38(21-25-47(34,36)5)45(3)23-9-7-13-32(45)28-40(43)50)12-11-27-49-42(52)20-15-31(2)35-17-19-37-44-39(22-26-48(35,37)6)46(4)24-10-8-14-33(46)29-41(44)51/h30-41,43-44,50-51H,7-29H2,1-6H3,(H,49,52)/t30-,31+,32?,33?,34-,35+,36?,37?,38-,39+,40+,41-,43+,44-,45+,46-,47-,48+/m0/s1. The summed E-state index contributed by atoms with van der Waals surface area (Å²) < 4.78 is 0. The molecule has 4 unspecified atom stereocenters. The molecule has 3 N–H and O–H groups in total. The van der Waals surface area contributed by atoms with E-state index in [4.69, 9.17) is 0 Å². The summed E-state index contributed by atoms with van der Waals surface area (Å²) in [6.07, 6.45) is 27.5. The highest BCUT2D eigenvalue weighted by Gasteiger charge is 2.64. The molecule has 8 aliphatic rings. The van der Waals surface area contributed by atoms with E-state index in [2.05, 4.69) is 46.9 Å². The number of carbonyl (C=O) groups is 1. The number of carbonyl (C=O) groups excluding carboxylic acids is 1. The summed E-state index contributed by atoms with van der Waals surface area (Å²) in [7, 11) is 0. The highest BCUT2D eigenvalue weighted by Crippen LogP contribution is 2.70. The van der Waals surface area contributed by atoms with Gasteiger partial charge in [-0.05, 0) is 202 Å². The minimum absolute atomic E-state index is 0.0801. The van der Waals surface area contributed by atoms with Crippen LogP contribution < -0.4 is 5.32 Å². The molecule has 18 atom stereocenters. The van der Waals surface area contributed by atoms with Crippen molar-refractivity contribution in [1.29, 1.82) is 0 Å². The molecule has 0 spiro atoms. The normalized spacial score (nSPS) is 52.2. The number of hydrogen-bond donors (Lipinski definition) is 3. The van der Waals surface area contributed by atoms with Crippen LogP contribution >= 0.6 is 0 Å². The van der Waals surface area contributed by atoms with Crippen molar-refractivity contribution in [1.82, 2.24) is 5.32 Å². The molecule has 0 bridgehead atoms. The predicted octanol–water partition coefficient (Wildman–Crippen LogP) is 11.0. The maximum atomic E-state index is 13.2.